The van der Waals surface area contributed by atoms with E-state index in [0.29, 0.717) is 11.3 Å². The fourth-order valence-corrected chi connectivity index (χ4v) is 3.12. The Kier molecular flexibility index (Phi) is 3.94. The maximum absolute atomic E-state index is 13.4. The van der Waals surface area contributed by atoms with Crippen LogP contribution in [0.25, 0.3) is 0 Å². The Morgan fingerprint density at radius 3 is 2.76 bits per heavy atom. The number of fused-ring (bicyclic) bond motifs is 1. The van der Waals surface area contributed by atoms with Crippen LogP contribution < -0.4 is 9.46 Å². The minimum absolute atomic E-state index is 0.0415. The predicted octanol–water partition coefficient (Wildman–Crippen LogP) is 1.10. The molecule has 116 valence electrons. The molecule has 0 aromatic heterocycles. The molecule has 21 heavy (non-hydrogen) atoms. The molecule has 1 aliphatic rings. The SMILES string of the molecule is CC(C)(F)CNS(=O)(=O)c1ccc2c(c1)CC(C(=O)O)O2. The summed E-state index contributed by atoms with van der Waals surface area (Å²) in [5.41, 5.74) is -1.16. The van der Waals surface area contributed by atoms with Crippen molar-refractivity contribution in [3.8, 4) is 5.75 Å². The van der Waals surface area contributed by atoms with Gasteiger partial charge in [0.2, 0.25) is 10.0 Å². The molecular weight excluding hydrogens is 301 g/mol. The maximum Gasteiger partial charge on any atom is 0.345 e. The van der Waals surface area contributed by atoms with Gasteiger partial charge in [0.15, 0.2) is 6.10 Å². The first-order valence-corrected chi connectivity index (χ1v) is 7.78. The Morgan fingerprint density at radius 2 is 2.19 bits per heavy atom. The molecule has 1 aliphatic heterocycles. The van der Waals surface area contributed by atoms with E-state index in [1.807, 2.05) is 0 Å². The van der Waals surface area contributed by atoms with Crippen molar-refractivity contribution < 1.29 is 27.4 Å². The normalized spacial score (nSPS) is 18.1. The van der Waals surface area contributed by atoms with E-state index in [1.165, 1.54) is 32.0 Å². The van der Waals surface area contributed by atoms with E-state index in [9.17, 15) is 17.6 Å². The van der Waals surface area contributed by atoms with Crippen LogP contribution in [-0.2, 0) is 21.2 Å². The topological polar surface area (TPSA) is 92.7 Å². The number of hydrogen-bond donors (Lipinski definition) is 2. The lowest BCUT2D eigenvalue weighted by Crippen LogP contribution is -2.35. The number of halogens is 1. The number of carboxylic acid groups (broad SMARTS) is 1. The van der Waals surface area contributed by atoms with Crippen LogP contribution in [0.2, 0.25) is 0 Å². The predicted molar refractivity (Wildman–Crippen MR) is 72.6 cm³/mol. The van der Waals surface area contributed by atoms with E-state index in [-0.39, 0.29) is 17.9 Å². The van der Waals surface area contributed by atoms with Gasteiger partial charge in [-0.2, -0.15) is 0 Å². The van der Waals surface area contributed by atoms with Gasteiger partial charge in [-0.05, 0) is 37.6 Å². The Hall–Kier alpha value is -1.67. The average Bonchev–Trinajstić information content (AvgIpc) is 2.78. The molecule has 1 unspecified atom stereocenters. The zero-order valence-electron chi connectivity index (χ0n) is 11.6. The number of nitrogens with one attached hydrogen (secondary N) is 1. The summed E-state index contributed by atoms with van der Waals surface area (Å²) >= 11 is 0. The minimum Gasteiger partial charge on any atom is -0.478 e. The van der Waals surface area contributed by atoms with Crippen LogP contribution >= 0.6 is 0 Å². The average molecular weight is 317 g/mol. The second-order valence-corrected chi connectivity index (χ2v) is 7.23. The number of aliphatic carboxylic acids is 1. The van der Waals surface area contributed by atoms with Crippen LogP contribution in [0.4, 0.5) is 4.39 Å². The molecule has 6 nitrogen and oxygen atoms in total. The summed E-state index contributed by atoms with van der Waals surface area (Å²) in [5, 5.41) is 8.89. The Bertz CT molecular complexity index is 666. The number of alkyl halides is 1. The molecule has 0 bridgehead atoms. The van der Waals surface area contributed by atoms with Crippen LogP contribution in [0.3, 0.4) is 0 Å². The summed E-state index contributed by atoms with van der Waals surface area (Å²) < 4.78 is 44.9. The molecule has 8 heteroatoms. The number of sulfonamides is 1. The molecule has 0 saturated carbocycles. The van der Waals surface area contributed by atoms with E-state index in [1.54, 1.807) is 0 Å². The van der Waals surface area contributed by atoms with Crippen LogP contribution in [0.15, 0.2) is 23.1 Å². The molecule has 1 aromatic carbocycles. The quantitative estimate of drug-likeness (QED) is 0.848. The van der Waals surface area contributed by atoms with Gasteiger partial charge in [-0.15, -0.1) is 0 Å². The third kappa shape index (κ3) is 3.70. The molecule has 2 rings (SSSR count). The number of benzene rings is 1. The monoisotopic (exact) mass is 317 g/mol. The van der Waals surface area contributed by atoms with Gasteiger partial charge in [-0.1, -0.05) is 0 Å². The third-order valence-electron chi connectivity index (χ3n) is 2.97. The van der Waals surface area contributed by atoms with Crippen molar-refractivity contribution in [2.75, 3.05) is 6.54 Å². The highest BCUT2D eigenvalue weighted by atomic mass is 32.2. The van der Waals surface area contributed by atoms with E-state index in [4.69, 9.17) is 9.84 Å². The van der Waals surface area contributed by atoms with Crippen molar-refractivity contribution in [2.45, 2.75) is 36.9 Å². The lowest BCUT2D eigenvalue weighted by atomic mass is 10.1. The Morgan fingerprint density at radius 1 is 1.52 bits per heavy atom. The summed E-state index contributed by atoms with van der Waals surface area (Å²) in [6, 6.07) is 4.07. The van der Waals surface area contributed by atoms with Gasteiger partial charge in [-0.25, -0.2) is 22.3 Å². The molecule has 0 saturated heterocycles. The van der Waals surface area contributed by atoms with E-state index >= 15 is 0 Å². The van der Waals surface area contributed by atoms with Crippen molar-refractivity contribution >= 4 is 16.0 Å². The molecule has 0 radical (unpaired) electrons. The highest BCUT2D eigenvalue weighted by Gasteiger charge is 2.30. The Balaban J connectivity index is 2.20. The number of carbonyl (C=O) groups is 1. The first-order valence-electron chi connectivity index (χ1n) is 6.29. The molecule has 2 N–H and O–H groups in total. The molecule has 0 amide bonds. The highest BCUT2D eigenvalue weighted by molar-refractivity contribution is 7.89. The van der Waals surface area contributed by atoms with Crippen LogP contribution in [0.1, 0.15) is 19.4 Å². The van der Waals surface area contributed by atoms with E-state index in [2.05, 4.69) is 4.72 Å². The van der Waals surface area contributed by atoms with Gasteiger partial charge in [-0.3, -0.25) is 0 Å². The number of hydrogen-bond acceptors (Lipinski definition) is 4. The maximum atomic E-state index is 13.4. The Labute approximate surface area is 122 Å². The standard InChI is InChI=1S/C13H16FNO5S/c1-13(2,14)7-15-21(18,19)9-3-4-10-8(5-9)6-11(20-10)12(16)17/h3-5,11,15H,6-7H2,1-2H3,(H,16,17). The van der Waals surface area contributed by atoms with Crippen LogP contribution in [0.5, 0.6) is 5.75 Å². The number of carboxylic acids is 1. The van der Waals surface area contributed by atoms with Crippen molar-refractivity contribution in [3.05, 3.63) is 23.8 Å². The van der Waals surface area contributed by atoms with Gasteiger partial charge in [0.25, 0.3) is 0 Å². The van der Waals surface area contributed by atoms with Crippen molar-refractivity contribution in [3.63, 3.8) is 0 Å². The summed E-state index contributed by atoms with van der Waals surface area (Å²) in [6.07, 6.45) is -0.904. The molecule has 0 fully saturated rings. The number of rotatable bonds is 5. The van der Waals surface area contributed by atoms with E-state index < -0.39 is 27.8 Å². The van der Waals surface area contributed by atoms with Gasteiger partial charge in [0.1, 0.15) is 11.4 Å². The van der Waals surface area contributed by atoms with Crippen LogP contribution in [-0.4, -0.2) is 37.8 Å². The van der Waals surface area contributed by atoms with Gasteiger partial charge < -0.3 is 9.84 Å². The van der Waals surface area contributed by atoms with E-state index in [0.717, 1.165) is 0 Å². The van der Waals surface area contributed by atoms with Crippen molar-refractivity contribution in [2.24, 2.45) is 0 Å². The summed E-state index contributed by atoms with van der Waals surface area (Å²) in [5.74, 6) is -0.750. The second-order valence-electron chi connectivity index (χ2n) is 5.46. The second kappa shape index (κ2) is 5.27. The fraction of sp³-hybridized carbons (Fsp3) is 0.462. The first-order chi connectivity index (χ1) is 9.58. The lowest BCUT2D eigenvalue weighted by Gasteiger charge is -2.15. The molecule has 1 heterocycles. The summed E-state index contributed by atoms with van der Waals surface area (Å²) in [4.78, 5) is 10.8. The smallest absolute Gasteiger partial charge is 0.345 e. The first kappa shape index (κ1) is 15.7. The largest absolute Gasteiger partial charge is 0.478 e. The zero-order valence-corrected chi connectivity index (χ0v) is 12.4. The van der Waals surface area contributed by atoms with Gasteiger partial charge >= 0.3 is 5.97 Å². The molecule has 0 aliphatic carbocycles. The molecule has 0 spiro atoms. The van der Waals surface area contributed by atoms with Gasteiger partial charge in [0.05, 0.1) is 4.90 Å². The summed E-state index contributed by atoms with van der Waals surface area (Å²) in [7, 11) is -3.85. The number of ether oxygens (including phenoxy) is 1. The zero-order chi connectivity index (χ0) is 15.8. The molecule has 1 atom stereocenters. The minimum atomic E-state index is -3.85. The van der Waals surface area contributed by atoms with Crippen molar-refractivity contribution in [1.82, 2.24) is 4.72 Å². The summed E-state index contributed by atoms with van der Waals surface area (Å²) in [6.45, 7) is 2.19. The van der Waals surface area contributed by atoms with Crippen molar-refractivity contribution in [1.29, 1.82) is 0 Å². The molecule has 1 aromatic rings. The molecular formula is C13H16FNO5S. The highest BCUT2D eigenvalue weighted by Crippen LogP contribution is 2.31. The third-order valence-corrected chi connectivity index (χ3v) is 4.37. The van der Waals surface area contributed by atoms with Crippen LogP contribution in [0, 0.1) is 0 Å². The van der Waals surface area contributed by atoms with Gasteiger partial charge in [0, 0.05) is 13.0 Å². The lowest BCUT2D eigenvalue weighted by molar-refractivity contribution is -0.144. The fourth-order valence-electron chi connectivity index (χ4n) is 1.88.